The number of carbonyl (C=O) groups is 1. The Morgan fingerprint density at radius 3 is 2.56 bits per heavy atom. The monoisotopic (exact) mass is 318 g/mol. The number of alkyl halides is 1. The third kappa shape index (κ3) is 3.22. The Hall–Kier alpha value is -1.10. The number of hydrogen-bond acceptors (Lipinski definition) is 3. The van der Waals surface area contributed by atoms with Gasteiger partial charge in [0.25, 0.3) is 0 Å². The minimum atomic E-state index is -2.16. The van der Waals surface area contributed by atoms with E-state index in [4.69, 9.17) is 9.47 Å². The molecule has 5 heteroatoms. The topological polar surface area (TPSA) is 35.5 Å². The highest BCUT2D eigenvalue weighted by Crippen LogP contribution is 2.33. The molecule has 0 aromatic heterocycles. The maximum absolute atomic E-state index is 14.4. The van der Waals surface area contributed by atoms with E-state index in [2.05, 4.69) is 15.9 Å². The SMILES string of the molecule is CCOC(=O)C(C)(F)c1ccc(OCC)c(Br)c1. The predicted octanol–water partition coefficient (Wildman–Crippen LogP) is 3.60. The van der Waals surface area contributed by atoms with E-state index >= 15 is 0 Å². The molecule has 0 spiro atoms. The number of hydrogen-bond donors (Lipinski definition) is 0. The van der Waals surface area contributed by atoms with E-state index in [1.165, 1.54) is 19.1 Å². The molecule has 0 aliphatic heterocycles. The normalized spacial score (nSPS) is 13.8. The average molecular weight is 319 g/mol. The number of benzene rings is 1. The first-order chi connectivity index (χ1) is 8.43. The Labute approximate surface area is 114 Å². The van der Waals surface area contributed by atoms with Gasteiger partial charge in [-0.1, -0.05) is 6.07 Å². The largest absolute Gasteiger partial charge is 0.493 e. The lowest BCUT2D eigenvalue weighted by Gasteiger charge is -2.19. The van der Waals surface area contributed by atoms with E-state index in [0.717, 1.165) is 0 Å². The second-order valence-corrected chi connectivity index (χ2v) is 4.66. The van der Waals surface area contributed by atoms with Gasteiger partial charge in [-0.2, -0.15) is 0 Å². The molecule has 1 atom stereocenters. The van der Waals surface area contributed by atoms with E-state index in [9.17, 15) is 9.18 Å². The summed E-state index contributed by atoms with van der Waals surface area (Å²) in [6, 6.07) is 4.68. The molecule has 0 bridgehead atoms. The number of ether oxygens (including phenoxy) is 2. The molecule has 1 aromatic carbocycles. The van der Waals surface area contributed by atoms with Crippen molar-refractivity contribution >= 4 is 21.9 Å². The standard InChI is InChI=1S/C13H16BrFO3/c1-4-17-11-7-6-9(8-10(11)14)13(3,15)12(16)18-5-2/h6-8H,4-5H2,1-3H3. The molecule has 0 amide bonds. The fraction of sp³-hybridized carbons (Fsp3) is 0.462. The Morgan fingerprint density at radius 2 is 2.06 bits per heavy atom. The summed E-state index contributed by atoms with van der Waals surface area (Å²) in [5.74, 6) is -0.276. The third-order valence-corrected chi connectivity index (χ3v) is 3.05. The summed E-state index contributed by atoms with van der Waals surface area (Å²) in [5.41, 5.74) is -1.93. The first kappa shape index (κ1) is 15.0. The maximum Gasteiger partial charge on any atom is 0.348 e. The van der Waals surface area contributed by atoms with Gasteiger partial charge in [0.2, 0.25) is 5.67 Å². The van der Waals surface area contributed by atoms with Crippen molar-refractivity contribution in [3.05, 3.63) is 28.2 Å². The fourth-order valence-electron chi connectivity index (χ4n) is 1.45. The number of rotatable bonds is 5. The van der Waals surface area contributed by atoms with Crippen LogP contribution in [-0.2, 0) is 15.2 Å². The zero-order valence-corrected chi connectivity index (χ0v) is 12.2. The number of carbonyl (C=O) groups excluding carboxylic acids is 1. The molecule has 100 valence electrons. The second kappa shape index (κ2) is 6.18. The Morgan fingerprint density at radius 1 is 1.39 bits per heavy atom. The Balaban J connectivity index is 3.03. The van der Waals surface area contributed by atoms with Gasteiger partial charge in [-0.25, -0.2) is 9.18 Å². The van der Waals surface area contributed by atoms with Gasteiger partial charge in [-0.3, -0.25) is 0 Å². The fourth-order valence-corrected chi connectivity index (χ4v) is 1.94. The summed E-state index contributed by atoms with van der Waals surface area (Å²) >= 11 is 3.28. The van der Waals surface area contributed by atoms with Crippen LogP contribution in [-0.4, -0.2) is 19.2 Å². The zero-order valence-electron chi connectivity index (χ0n) is 10.6. The summed E-state index contributed by atoms with van der Waals surface area (Å²) in [6.07, 6.45) is 0. The summed E-state index contributed by atoms with van der Waals surface area (Å²) < 4.78 is 25.0. The molecule has 1 unspecified atom stereocenters. The predicted molar refractivity (Wildman–Crippen MR) is 70.4 cm³/mol. The Bertz CT molecular complexity index is 432. The molecule has 0 N–H and O–H groups in total. The van der Waals surface area contributed by atoms with E-state index < -0.39 is 11.6 Å². The molecule has 3 nitrogen and oxygen atoms in total. The van der Waals surface area contributed by atoms with Crippen LogP contribution in [0.5, 0.6) is 5.75 Å². The van der Waals surface area contributed by atoms with Crippen LogP contribution in [0.3, 0.4) is 0 Å². The van der Waals surface area contributed by atoms with Gasteiger partial charge < -0.3 is 9.47 Å². The molecule has 1 aromatic rings. The van der Waals surface area contributed by atoms with E-state index in [1.807, 2.05) is 6.92 Å². The van der Waals surface area contributed by atoms with Crippen molar-refractivity contribution in [3.8, 4) is 5.75 Å². The lowest BCUT2D eigenvalue weighted by Crippen LogP contribution is -2.29. The van der Waals surface area contributed by atoms with Gasteiger partial charge >= 0.3 is 5.97 Å². The summed E-state index contributed by atoms with van der Waals surface area (Å²) in [4.78, 5) is 11.5. The third-order valence-electron chi connectivity index (χ3n) is 2.43. The molecule has 0 saturated heterocycles. The second-order valence-electron chi connectivity index (χ2n) is 3.80. The highest BCUT2D eigenvalue weighted by Gasteiger charge is 2.37. The van der Waals surface area contributed by atoms with E-state index in [0.29, 0.717) is 16.8 Å². The quantitative estimate of drug-likeness (QED) is 0.778. The van der Waals surface area contributed by atoms with Crippen LogP contribution in [0.25, 0.3) is 0 Å². The van der Waals surface area contributed by atoms with E-state index in [-0.39, 0.29) is 12.2 Å². The highest BCUT2D eigenvalue weighted by atomic mass is 79.9. The summed E-state index contributed by atoms with van der Waals surface area (Å²) in [5, 5.41) is 0. The van der Waals surface area contributed by atoms with Gasteiger partial charge in [0.1, 0.15) is 5.75 Å². The van der Waals surface area contributed by atoms with Crippen LogP contribution in [0.4, 0.5) is 4.39 Å². The minimum Gasteiger partial charge on any atom is -0.493 e. The lowest BCUT2D eigenvalue weighted by atomic mass is 9.98. The Kier molecular flexibility index (Phi) is 5.14. The maximum atomic E-state index is 14.4. The molecule has 0 aliphatic rings. The van der Waals surface area contributed by atoms with Crippen LogP contribution in [0.15, 0.2) is 22.7 Å². The van der Waals surface area contributed by atoms with Gasteiger partial charge in [0, 0.05) is 5.56 Å². The molecule has 1 rings (SSSR count). The molecule has 0 fully saturated rings. The molecule has 0 heterocycles. The summed E-state index contributed by atoms with van der Waals surface area (Å²) in [7, 11) is 0. The van der Waals surface area contributed by atoms with Gasteiger partial charge in [0.15, 0.2) is 0 Å². The molecule has 0 aliphatic carbocycles. The van der Waals surface area contributed by atoms with Crippen LogP contribution in [0, 0.1) is 0 Å². The van der Waals surface area contributed by atoms with Crippen molar-refractivity contribution in [3.63, 3.8) is 0 Å². The first-order valence-corrected chi connectivity index (χ1v) is 6.51. The van der Waals surface area contributed by atoms with Crippen molar-refractivity contribution in [1.29, 1.82) is 0 Å². The molecular formula is C13H16BrFO3. The zero-order chi connectivity index (χ0) is 13.8. The van der Waals surface area contributed by atoms with Crippen LogP contribution >= 0.6 is 15.9 Å². The van der Waals surface area contributed by atoms with Crippen molar-refractivity contribution in [2.24, 2.45) is 0 Å². The lowest BCUT2D eigenvalue weighted by molar-refractivity contribution is -0.156. The minimum absolute atomic E-state index is 0.149. The van der Waals surface area contributed by atoms with Crippen molar-refractivity contribution in [1.82, 2.24) is 0 Å². The van der Waals surface area contributed by atoms with Crippen LogP contribution < -0.4 is 4.74 Å². The molecule has 0 saturated carbocycles. The molecule has 18 heavy (non-hydrogen) atoms. The smallest absolute Gasteiger partial charge is 0.348 e. The average Bonchev–Trinajstić information content (AvgIpc) is 2.32. The molecular weight excluding hydrogens is 303 g/mol. The van der Waals surface area contributed by atoms with E-state index in [1.54, 1.807) is 13.0 Å². The number of esters is 1. The van der Waals surface area contributed by atoms with Crippen LogP contribution in [0.2, 0.25) is 0 Å². The van der Waals surface area contributed by atoms with Crippen molar-refractivity contribution < 1.29 is 18.7 Å². The summed E-state index contributed by atoms with van der Waals surface area (Å²) in [6.45, 7) is 5.35. The van der Waals surface area contributed by atoms with Gasteiger partial charge in [-0.15, -0.1) is 0 Å². The molecule has 0 radical (unpaired) electrons. The van der Waals surface area contributed by atoms with Crippen molar-refractivity contribution in [2.45, 2.75) is 26.4 Å². The van der Waals surface area contributed by atoms with Crippen molar-refractivity contribution in [2.75, 3.05) is 13.2 Å². The van der Waals surface area contributed by atoms with Gasteiger partial charge in [0.05, 0.1) is 17.7 Å². The van der Waals surface area contributed by atoms with Gasteiger partial charge in [-0.05, 0) is 48.8 Å². The highest BCUT2D eigenvalue weighted by molar-refractivity contribution is 9.10. The van der Waals surface area contributed by atoms with Crippen LogP contribution in [0.1, 0.15) is 26.3 Å². The first-order valence-electron chi connectivity index (χ1n) is 5.72. The number of halogens is 2.